The Hall–Kier alpha value is -3.51. The van der Waals surface area contributed by atoms with Crippen molar-refractivity contribution in [2.45, 2.75) is 13.1 Å². The number of nitrogens with zero attached hydrogens (tertiary/aromatic N) is 1. The van der Waals surface area contributed by atoms with Crippen LogP contribution in [0.2, 0.25) is 5.02 Å². The molecule has 156 valence electrons. The molecule has 0 fully saturated rings. The minimum absolute atomic E-state index is 0.170. The average molecular weight is 438 g/mol. The minimum atomic E-state index is -4.69. The summed E-state index contributed by atoms with van der Waals surface area (Å²) in [5, 5.41) is 13.6. The average Bonchev–Trinajstić information content (AvgIpc) is 2.69. The number of carbonyl (C=O) groups excluding carboxylic acids is 2. The second kappa shape index (κ2) is 9.80. The van der Waals surface area contributed by atoms with Crippen LogP contribution in [0.3, 0.4) is 0 Å². The fourth-order valence-electron chi connectivity index (χ4n) is 2.24. The third-order valence-electron chi connectivity index (χ3n) is 3.67. The van der Waals surface area contributed by atoms with Gasteiger partial charge in [0.15, 0.2) is 0 Å². The first-order valence-electron chi connectivity index (χ1n) is 8.47. The van der Waals surface area contributed by atoms with E-state index in [-0.39, 0.29) is 17.9 Å². The lowest BCUT2D eigenvalue weighted by atomic mass is 10.2. The van der Waals surface area contributed by atoms with Crippen LogP contribution >= 0.6 is 11.6 Å². The number of carbonyl (C=O) groups is 2. The molecule has 0 heterocycles. The predicted molar refractivity (Wildman–Crippen MR) is 105 cm³/mol. The van der Waals surface area contributed by atoms with Gasteiger partial charge in [0.05, 0.1) is 22.8 Å². The van der Waals surface area contributed by atoms with Crippen molar-refractivity contribution in [1.82, 2.24) is 0 Å². The van der Waals surface area contributed by atoms with Gasteiger partial charge in [0.1, 0.15) is 11.6 Å². The molecule has 0 radical (unpaired) electrons. The second-order valence-corrected chi connectivity index (χ2v) is 6.17. The zero-order chi connectivity index (χ0) is 22.3. The Bertz CT molecular complexity index is 1010. The number of anilines is 2. The Morgan fingerprint density at radius 2 is 1.80 bits per heavy atom. The van der Waals surface area contributed by atoms with E-state index >= 15 is 0 Å². The SMILES string of the molecule is CCOC(=O)c1ccc(N/C=C(/C#N)C(=O)Nc2ccc(Cl)c(C(F)(F)F)c2)cc1. The van der Waals surface area contributed by atoms with Gasteiger partial charge in [-0.2, -0.15) is 18.4 Å². The Morgan fingerprint density at radius 3 is 2.37 bits per heavy atom. The Balaban J connectivity index is 2.11. The Labute approximate surface area is 174 Å². The van der Waals surface area contributed by atoms with Gasteiger partial charge in [0, 0.05) is 17.6 Å². The quantitative estimate of drug-likeness (QED) is 0.377. The molecule has 0 saturated carbocycles. The largest absolute Gasteiger partial charge is 0.462 e. The monoisotopic (exact) mass is 437 g/mol. The molecule has 2 rings (SSSR count). The first kappa shape index (κ1) is 22.8. The lowest BCUT2D eigenvalue weighted by molar-refractivity contribution is -0.137. The van der Waals surface area contributed by atoms with Crippen molar-refractivity contribution in [1.29, 1.82) is 5.26 Å². The molecule has 2 N–H and O–H groups in total. The summed E-state index contributed by atoms with van der Waals surface area (Å²) < 4.78 is 43.6. The van der Waals surface area contributed by atoms with Crippen LogP contribution in [0.4, 0.5) is 24.5 Å². The van der Waals surface area contributed by atoms with Crippen molar-refractivity contribution in [2.75, 3.05) is 17.2 Å². The van der Waals surface area contributed by atoms with E-state index in [2.05, 4.69) is 10.6 Å². The highest BCUT2D eigenvalue weighted by Gasteiger charge is 2.33. The molecule has 0 aliphatic heterocycles. The summed E-state index contributed by atoms with van der Waals surface area (Å²) in [6, 6.07) is 10.6. The maximum absolute atomic E-state index is 12.9. The van der Waals surface area contributed by atoms with Gasteiger partial charge in [-0.15, -0.1) is 0 Å². The molecule has 10 heteroatoms. The topological polar surface area (TPSA) is 91.2 Å². The number of rotatable bonds is 6. The van der Waals surface area contributed by atoms with Crippen LogP contribution in [0.25, 0.3) is 0 Å². The highest BCUT2D eigenvalue weighted by molar-refractivity contribution is 6.31. The third-order valence-corrected chi connectivity index (χ3v) is 4.00. The second-order valence-electron chi connectivity index (χ2n) is 5.76. The maximum atomic E-state index is 12.9. The van der Waals surface area contributed by atoms with E-state index in [1.54, 1.807) is 13.0 Å². The van der Waals surface area contributed by atoms with Crippen molar-refractivity contribution >= 4 is 34.9 Å². The first-order valence-corrected chi connectivity index (χ1v) is 8.85. The van der Waals surface area contributed by atoms with E-state index in [4.69, 9.17) is 16.3 Å². The first-order chi connectivity index (χ1) is 14.2. The lowest BCUT2D eigenvalue weighted by Gasteiger charge is -2.11. The minimum Gasteiger partial charge on any atom is -0.462 e. The molecule has 2 aromatic rings. The summed E-state index contributed by atoms with van der Waals surface area (Å²) in [6.07, 6.45) is -3.60. The smallest absolute Gasteiger partial charge is 0.417 e. The molecule has 0 unspecified atom stereocenters. The van der Waals surface area contributed by atoms with Crippen LogP contribution in [0, 0.1) is 11.3 Å². The van der Waals surface area contributed by atoms with E-state index in [9.17, 15) is 28.0 Å². The molecule has 2 aromatic carbocycles. The number of esters is 1. The summed E-state index contributed by atoms with van der Waals surface area (Å²) >= 11 is 5.54. The fraction of sp³-hybridized carbons (Fsp3) is 0.150. The van der Waals surface area contributed by atoms with Gasteiger partial charge in [-0.25, -0.2) is 4.79 Å². The summed E-state index contributed by atoms with van der Waals surface area (Å²) in [4.78, 5) is 23.8. The van der Waals surface area contributed by atoms with Crippen LogP contribution in [0.1, 0.15) is 22.8 Å². The normalized spacial score (nSPS) is 11.4. The molecule has 0 spiro atoms. The van der Waals surface area contributed by atoms with E-state index in [0.717, 1.165) is 12.3 Å². The number of hydrogen-bond donors (Lipinski definition) is 2. The van der Waals surface area contributed by atoms with Gasteiger partial charge in [0.2, 0.25) is 0 Å². The van der Waals surface area contributed by atoms with Crippen LogP contribution in [0.15, 0.2) is 54.2 Å². The maximum Gasteiger partial charge on any atom is 0.417 e. The molecule has 30 heavy (non-hydrogen) atoms. The molecule has 1 amide bonds. The van der Waals surface area contributed by atoms with E-state index in [0.29, 0.717) is 17.3 Å². The standard InChI is InChI=1S/C20H15ClF3N3O3/c1-2-30-19(29)12-3-5-14(6-4-12)26-11-13(10-25)18(28)27-15-7-8-17(21)16(9-15)20(22,23)24/h3-9,11,26H,2H2,1H3,(H,27,28)/b13-11-. The highest BCUT2D eigenvalue weighted by Crippen LogP contribution is 2.36. The van der Waals surface area contributed by atoms with Crippen molar-refractivity contribution in [3.05, 3.63) is 70.4 Å². The van der Waals surface area contributed by atoms with Gasteiger partial charge in [-0.1, -0.05) is 11.6 Å². The van der Waals surface area contributed by atoms with Crippen molar-refractivity contribution < 1.29 is 27.5 Å². The number of alkyl halides is 3. The number of nitrogens with one attached hydrogen (secondary N) is 2. The van der Waals surface area contributed by atoms with Gasteiger partial charge in [-0.05, 0) is 49.4 Å². The number of amides is 1. The van der Waals surface area contributed by atoms with Crippen molar-refractivity contribution in [3.63, 3.8) is 0 Å². The molecular weight excluding hydrogens is 423 g/mol. The number of halogens is 4. The Morgan fingerprint density at radius 1 is 1.17 bits per heavy atom. The fourth-order valence-corrected chi connectivity index (χ4v) is 2.46. The van der Waals surface area contributed by atoms with Crippen LogP contribution < -0.4 is 10.6 Å². The lowest BCUT2D eigenvalue weighted by Crippen LogP contribution is -2.15. The summed E-state index contributed by atoms with van der Waals surface area (Å²) in [7, 11) is 0. The zero-order valence-corrected chi connectivity index (χ0v) is 16.3. The van der Waals surface area contributed by atoms with E-state index in [1.807, 2.05) is 0 Å². The van der Waals surface area contributed by atoms with Crippen molar-refractivity contribution in [2.24, 2.45) is 0 Å². The van der Waals surface area contributed by atoms with Gasteiger partial charge in [0.25, 0.3) is 5.91 Å². The Kier molecular flexibility index (Phi) is 7.44. The number of benzene rings is 2. The highest BCUT2D eigenvalue weighted by atomic mass is 35.5. The molecule has 0 aliphatic carbocycles. The number of hydrogen-bond acceptors (Lipinski definition) is 5. The predicted octanol–water partition coefficient (Wildman–Crippen LogP) is 4.99. The van der Waals surface area contributed by atoms with Crippen LogP contribution in [-0.2, 0) is 15.7 Å². The van der Waals surface area contributed by atoms with Crippen molar-refractivity contribution in [3.8, 4) is 6.07 Å². The van der Waals surface area contributed by atoms with E-state index in [1.165, 1.54) is 30.3 Å². The van der Waals surface area contributed by atoms with Gasteiger partial charge in [-0.3, -0.25) is 4.79 Å². The molecule has 0 saturated heterocycles. The van der Waals surface area contributed by atoms with Crippen LogP contribution in [0.5, 0.6) is 0 Å². The number of nitriles is 1. The van der Waals surface area contributed by atoms with Gasteiger partial charge < -0.3 is 15.4 Å². The zero-order valence-electron chi connectivity index (χ0n) is 15.5. The summed E-state index contributed by atoms with van der Waals surface area (Å²) in [5.74, 6) is -1.40. The molecule has 0 aliphatic rings. The van der Waals surface area contributed by atoms with Crippen LogP contribution in [-0.4, -0.2) is 18.5 Å². The molecule has 0 bridgehead atoms. The molecule has 0 aromatic heterocycles. The number of ether oxygens (including phenoxy) is 1. The van der Waals surface area contributed by atoms with E-state index < -0.39 is 28.6 Å². The molecule has 0 atom stereocenters. The molecular formula is C20H15ClF3N3O3. The van der Waals surface area contributed by atoms with Gasteiger partial charge >= 0.3 is 12.1 Å². The molecule has 6 nitrogen and oxygen atoms in total. The summed E-state index contributed by atoms with van der Waals surface area (Å²) in [5.41, 5.74) is -0.865. The third kappa shape index (κ3) is 5.99. The summed E-state index contributed by atoms with van der Waals surface area (Å²) in [6.45, 7) is 1.92.